The standard InChI is InChI=1S/C14H11F4N3O2/c15-8-3-1-7(2-4-8)10-5-11(14(16,17)18)21-12(20-10)9(6-19-21)13(22)23/h1-4,6,10-11,20H,5H2,(H,22,23)/p-1/t10-,11-/m0/s1. The van der Waals surface area contributed by atoms with Gasteiger partial charge in [0.05, 0.1) is 23.8 Å². The van der Waals surface area contributed by atoms with Gasteiger partial charge in [-0.3, -0.25) is 0 Å². The van der Waals surface area contributed by atoms with Crippen LogP contribution in [0, 0.1) is 5.82 Å². The maximum Gasteiger partial charge on any atom is 0.410 e. The number of nitrogens with zero attached hydrogens (tertiary/aromatic N) is 2. The van der Waals surface area contributed by atoms with Crippen LogP contribution in [0.15, 0.2) is 30.5 Å². The van der Waals surface area contributed by atoms with Gasteiger partial charge in [-0.15, -0.1) is 0 Å². The summed E-state index contributed by atoms with van der Waals surface area (Å²) in [5, 5.41) is 17.3. The molecule has 1 aliphatic rings. The summed E-state index contributed by atoms with van der Waals surface area (Å²) in [5.41, 5.74) is -0.0385. The van der Waals surface area contributed by atoms with Crippen LogP contribution in [0.2, 0.25) is 0 Å². The average Bonchev–Trinajstić information content (AvgIpc) is 2.89. The van der Waals surface area contributed by atoms with Gasteiger partial charge in [0.15, 0.2) is 6.04 Å². The fourth-order valence-electron chi connectivity index (χ4n) is 2.63. The minimum absolute atomic E-state index is 0.270. The van der Waals surface area contributed by atoms with Gasteiger partial charge in [-0.1, -0.05) is 12.1 Å². The van der Waals surface area contributed by atoms with E-state index < -0.39 is 42.0 Å². The predicted molar refractivity (Wildman–Crippen MR) is 69.0 cm³/mol. The maximum atomic E-state index is 13.3. The zero-order valence-corrected chi connectivity index (χ0v) is 11.5. The Morgan fingerprint density at radius 1 is 1.30 bits per heavy atom. The molecule has 9 heteroatoms. The van der Waals surface area contributed by atoms with Crippen LogP contribution >= 0.6 is 0 Å². The normalized spacial score (nSPS) is 20.7. The van der Waals surface area contributed by atoms with Crippen molar-refractivity contribution >= 4 is 11.8 Å². The van der Waals surface area contributed by atoms with Gasteiger partial charge in [-0.25, -0.2) is 9.07 Å². The molecule has 0 unspecified atom stereocenters. The van der Waals surface area contributed by atoms with Crippen molar-refractivity contribution in [1.29, 1.82) is 0 Å². The molecule has 0 radical (unpaired) electrons. The van der Waals surface area contributed by atoms with E-state index >= 15 is 0 Å². The van der Waals surface area contributed by atoms with Crippen molar-refractivity contribution in [3.63, 3.8) is 0 Å². The van der Waals surface area contributed by atoms with Crippen molar-refractivity contribution < 1.29 is 27.5 Å². The molecule has 1 aliphatic heterocycles. The number of hydrogen-bond acceptors (Lipinski definition) is 4. The lowest BCUT2D eigenvalue weighted by Crippen LogP contribution is -2.36. The Balaban J connectivity index is 2.05. The first-order valence-electron chi connectivity index (χ1n) is 6.65. The largest absolute Gasteiger partial charge is 0.545 e. The van der Waals surface area contributed by atoms with E-state index in [4.69, 9.17) is 0 Å². The quantitative estimate of drug-likeness (QED) is 0.857. The number of carbonyl (C=O) groups excluding carboxylic acids is 1. The molecule has 23 heavy (non-hydrogen) atoms. The van der Waals surface area contributed by atoms with Gasteiger partial charge >= 0.3 is 6.18 Å². The predicted octanol–water partition coefficient (Wildman–Crippen LogP) is 2.05. The lowest BCUT2D eigenvalue weighted by Gasteiger charge is -2.34. The Kier molecular flexibility index (Phi) is 3.50. The molecule has 2 aromatic rings. The minimum atomic E-state index is -4.61. The molecular formula is C14H10F4N3O2-. The van der Waals surface area contributed by atoms with Crippen LogP contribution in [-0.4, -0.2) is 21.9 Å². The molecule has 0 saturated heterocycles. The zero-order chi connectivity index (χ0) is 16.8. The molecule has 0 spiro atoms. The van der Waals surface area contributed by atoms with Crippen molar-refractivity contribution in [3.8, 4) is 0 Å². The number of rotatable bonds is 2. The summed E-state index contributed by atoms with van der Waals surface area (Å²) in [6.07, 6.45) is -4.18. The number of alkyl halides is 3. The fraction of sp³-hybridized carbons (Fsp3) is 0.286. The summed E-state index contributed by atoms with van der Waals surface area (Å²) in [7, 11) is 0. The average molecular weight is 328 g/mol. The molecule has 1 aromatic carbocycles. The third kappa shape index (κ3) is 2.73. The van der Waals surface area contributed by atoms with Crippen molar-refractivity contribution in [1.82, 2.24) is 9.78 Å². The lowest BCUT2D eigenvalue weighted by atomic mass is 9.96. The highest BCUT2D eigenvalue weighted by Gasteiger charge is 2.46. The number of carboxylic acids is 1. The van der Waals surface area contributed by atoms with E-state index in [0.717, 1.165) is 18.3 Å². The van der Waals surface area contributed by atoms with Gasteiger partial charge in [-0.2, -0.15) is 18.3 Å². The Bertz CT molecular complexity index is 739. The molecule has 0 saturated carbocycles. The van der Waals surface area contributed by atoms with Crippen molar-refractivity contribution in [2.75, 3.05) is 5.32 Å². The van der Waals surface area contributed by atoms with Crippen LogP contribution in [0.5, 0.6) is 0 Å². The fourth-order valence-corrected chi connectivity index (χ4v) is 2.63. The van der Waals surface area contributed by atoms with Crippen LogP contribution < -0.4 is 10.4 Å². The van der Waals surface area contributed by atoms with Gasteiger partial charge in [0.25, 0.3) is 0 Å². The van der Waals surface area contributed by atoms with Crippen molar-refractivity contribution in [3.05, 3.63) is 47.4 Å². The van der Waals surface area contributed by atoms with E-state index in [2.05, 4.69) is 10.4 Å². The summed E-state index contributed by atoms with van der Waals surface area (Å²) >= 11 is 0. The molecule has 0 aliphatic carbocycles. The number of benzene rings is 1. The monoisotopic (exact) mass is 328 g/mol. The van der Waals surface area contributed by atoms with Crippen LogP contribution in [0.25, 0.3) is 0 Å². The number of halogens is 4. The lowest BCUT2D eigenvalue weighted by molar-refractivity contribution is -0.255. The Morgan fingerprint density at radius 2 is 1.96 bits per heavy atom. The Labute approximate surface area is 127 Å². The van der Waals surface area contributed by atoms with E-state index in [1.54, 1.807) is 0 Å². The van der Waals surface area contributed by atoms with Crippen LogP contribution in [0.1, 0.15) is 34.4 Å². The second kappa shape index (κ2) is 5.25. The number of aromatic carboxylic acids is 1. The third-order valence-corrected chi connectivity index (χ3v) is 3.73. The zero-order valence-electron chi connectivity index (χ0n) is 11.5. The van der Waals surface area contributed by atoms with E-state index in [1.807, 2.05) is 0 Å². The molecular weight excluding hydrogens is 318 g/mol. The molecule has 1 N–H and O–H groups in total. The first-order valence-corrected chi connectivity index (χ1v) is 6.65. The number of aromatic nitrogens is 2. The molecule has 1 aromatic heterocycles. The summed E-state index contributed by atoms with van der Waals surface area (Å²) in [6, 6.07) is 2.15. The molecule has 0 fully saturated rings. The van der Waals surface area contributed by atoms with Gasteiger partial charge < -0.3 is 15.2 Å². The second-order valence-corrected chi connectivity index (χ2v) is 5.18. The molecule has 5 nitrogen and oxygen atoms in total. The number of carbonyl (C=O) groups is 1. The van der Waals surface area contributed by atoms with E-state index in [9.17, 15) is 27.5 Å². The topological polar surface area (TPSA) is 70.0 Å². The molecule has 3 rings (SSSR count). The van der Waals surface area contributed by atoms with E-state index in [0.29, 0.717) is 10.2 Å². The van der Waals surface area contributed by atoms with E-state index in [-0.39, 0.29) is 5.82 Å². The highest BCUT2D eigenvalue weighted by atomic mass is 19.4. The first-order chi connectivity index (χ1) is 10.8. The summed E-state index contributed by atoms with van der Waals surface area (Å²) in [6.45, 7) is 0. The van der Waals surface area contributed by atoms with Crippen molar-refractivity contribution in [2.24, 2.45) is 0 Å². The van der Waals surface area contributed by atoms with Gasteiger partial charge in [0.1, 0.15) is 11.6 Å². The smallest absolute Gasteiger partial charge is 0.410 e. The third-order valence-electron chi connectivity index (χ3n) is 3.73. The number of fused-ring (bicyclic) bond motifs is 1. The minimum Gasteiger partial charge on any atom is -0.545 e. The molecule has 2 heterocycles. The SMILES string of the molecule is O=C([O-])c1cnn2c1N[C@H](c1ccc(F)cc1)C[C@H]2C(F)(F)F. The summed E-state index contributed by atoms with van der Waals surface area (Å²) in [4.78, 5) is 11.0. The van der Waals surface area contributed by atoms with E-state index in [1.165, 1.54) is 12.1 Å². The first kappa shape index (κ1) is 15.3. The number of nitrogens with one attached hydrogen (secondary N) is 1. The van der Waals surface area contributed by atoms with Crippen LogP contribution in [0.3, 0.4) is 0 Å². The van der Waals surface area contributed by atoms with Gasteiger partial charge in [0.2, 0.25) is 0 Å². The molecule has 0 bridgehead atoms. The Morgan fingerprint density at radius 3 is 2.52 bits per heavy atom. The van der Waals surface area contributed by atoms with Crippen LogP contribution in [-0.2, 0) is 0 Å². The van der Waals surface area contributed by atoms with Gasteiger partial charge in [-0.05, 0) is 17.7 Å². The summed E-state index contributed by atoms with van der Waals surface area (Å²) in [5.74, 6) is -2.41. The number of hydrogen-bond donors (Lipinski definition) is 1. The molecule has 2 atom stereocenters. The molecule has 0 amide bonds. The van der Waals surface area contributed by atoms with Gasteiger partial charge in [0, 0.05) is 6.42 Å². The molecule has 122 valence electrons. The van der Waals surface area contributed by atoms with Crippen LogP contribution in [0.4, 0.5) is 23.4 Å². The highest BCUT2D eigenvalue weighted by Crippen LogP contribution is 2.44. The highest BCUT2D eigenvalue weighted by molar-refractivity contribution is 5.91. The Hall–Kier alpha value is -2.58. The summed E-state index contributed by atoms with van der Waals surface area (Å²) < 4.78 is 53.4. The van der Waals surface area contributed by atoms with Crippen molar-refractivity contribution in [2.45, 2.75) is 24.7 Å². The number of anilines is 1. The maximum absolute atomic E-state index is 13.3. The number of carboxylic acid groups (broad SMARTS) is 1. The second-order valence-electron chi connectivity index (χ2n) is 5.18.